The van der Waals surface area contributed by atoms with E-state index in [-0.39, 0.29) is 23.4 Å². The van der Waals surface area contributed by atoms with Gasteiger partial charge in [0.05, 0.1) is 12.1 Å². The topological polar surface area (TPSA) is 102 Å². The summed E-state index contributed by atoms with van der Waals surface area (Å²) in [6.45, 7) is 5.99. The van der Waals surface area contributed by atoms with Crippen LogP contribution in [0, 0.1) is 5.41 Å². The molecule has 24 heavy (non-hydrogen) atoms. The second-order valence-corrected chi connectivity index (χ2v) is 7.25. The van der Waals surface area contributed by atoms with E-state index in [0.29, 0.717) is 26.1 Å². The molecule has 4 N–H and O–H groups in total. The number of anilines is 2. The maximum absolute atomic E-state index is 12.0. The highest BCUT2D eigenvalue weighted by molar-refractivity contribution is 5.85. The zero-order valence-corrected chi connectivity index (χ0v) is 14.4. The Morgan fingerprint density at radius 2 is 2.25 bits per heavy atom. The largest absolute Gasteiger partial charge is 0.391 e. The van der Waals surface area contributed by atoms with Crippen LogP contribution in [-0.2, 0) is 4.79 Å². The Kier molecular flexibility index (Phi) is 4.60. The summed E-state index contributed by atoms with van der Waals surface area (Å²) in [5, 5.41) is 19.4. The molecule has 1 aromatic heterocycles. The fourth-order valence-electron chi connectivity index (χ4n) is 3.50. The maximum Gasteiger partial charge on any atom is 0.237 e. The van der Waals surface area contributed by atoms with Crippen molar-refractivity contribution in [3.63, 3.8) is 0 Å². The van der Waals surface area contributed by atoms with Crippen LogP contribution in [0.15, 0.2) is 12.4 Å². The Morgan fingerprint density at radius 1 is 1.46 bits per heavy atom. The van der Waals surface area contributed by atoms with Crippen molar-refractivity contribution in [1.82, 2.24) is 20.6 Å². The monoisotopic (exact) mass is 334 g/mol. The molecule has 0 bridgehead atoms. The molecule has 1 aromatic rings. The summed E-state index contributed by atoms with van der Waals surface area (Å²) in [4.78, 5) is 22.6. The Bertz CT molecular complexity index is 608. The number of aliphatic hydroxyl groups is 1. The van der Waals surface area contributed by atoms with Gasteiger partial charge in [-0.05, 0) is 6.42 Å². The van der Waals surface area contributed by atoms with E-state index < -0.39 is 6.10 Å². The molecule has 0 spiro atoms. The molecule has 3 rings (SSSR count). The first-order chi connectivity index (χ1) is 11.4. The van der Waals surface area contributed by atoms with Crippen LogP contribution in [0.2, 0.25) is 0 Å². The molecule has 8 heteroatoms. The number of carbonyl (C=O) groups is 1. The standard InChI is InChI=1S/C16H26N6O2/c1-16(2)8-19-15(24)14(16)18-6-10-4-11(23)7-22(10)13-5-12(17-3)20-9-21-13/h5,9-11,14,18,23H,4,6-8H2,1-3H3,(H,19,24)(H,17,20,21)/t10-,11-,14?/m1/s1. The number of β-amino-alcohol motifs (C(OH)–C–C–N with tert-alkyl or cyclic N) is 1. The van der Waals surface area contributed by atoms with Crippen LogP contribution >= 0.6 is 0 Å². The third-order valence-electron chi connectivity index (χ3n) is 4.91. The number of rotatable bonds is 5. The number of hydrogen-bond acceptors (Lipinski definition) is 7. The van der Waals surface area contributed by atoms with E-state index >= 15 is 0 Å². The lowest BCUT2D eigenvalue weighted by atomic mass is 9.87. The first-order valence-corrected chi connectivity index (χ1v) is 8.36. The predicted octanol–water partition coefficient (Wildman–Crippen LogP) is -0.428. The van der Waals surface area contributed by atoms with Gasteiger partial charge in [0, 0.05) is 44.2 Å². The van der Waals surface area contributed by atoms with Crippen LogP contribution in [0.3, 0.4) is 0 Å². The van der Waals surface area contributed by atoms with E-state index in [9.17, 15) is 9.90 Å². The van der Waals surface area contributed by atoms with E-state index in [2.05, 4.69) is 44.7 Å². The summed E-state index contributed by atoms with van der Waals surface area (Å²) < 4.78 is 0. The molecular weight excluding hydrogens is 308 g/mol. The van der Waals surface area contributed by atoms with E-state index in [0.717, 1.165) is 11.6 Å². The lowest BCUT2D eigenvalue weighted by Crippen LogP contribution is -2.49. The van der Waals surface area contributed by atoms with E-state index in [1.165, 1.54) is 6.33 Å². The zero-order valence-electron chi connectivity index (χ0n) is 14.4. The van der Waals surface area contributed by atoms with Crippen molar-refractivity contribution in [1.29, 1.82) is 0 Å². The predicted molar refractivity (Wildman–Crippen MR) is 91.9 cm³/mol. The van der Waals surface area contributed by atoms with Crippen LogP contribution in [0.25, 0.3) is 0 Å². The first-order valence-electron chi connectivity index (χ1n) is 8.36. The van der Waals surface area contributed by atoms with Crippen molar-refractivity contribution in [2.24, 2.45) is 5.41 Å². The summed E-state index contributed by atoms with van der Waals surface area (Å²) in [6.07, 6.45) is 1.78. The van der Waals surface area contributed by atoms with Gasteiger partial charge in [-0.3, -0.25) is 4.79 Å². The van der Waals surface area contributed by atoms with Crippen LogP contribution in [-0.4, -0.2) is 65.9 Å². The Balaban J connectivity index is 1.70. The van der Waals surface area contributed by atoms with Crippen molar-refractivity contribution < 1.29 is 9.90 Å². The molecule has 1 amide bonds. The molecule has 3 atom stereocenters. The molecule has 2 saturated heterocycles. The van der Waals surface area contributed by atoms with Crippen LogP contribution in [0.4, 0.5) is 11.6 Å². The fraction of sp³-hybridized carbons (Fsp3) is 0.688. The Morgan fingerprint density at radius 3 is 2.92 bits per heavy atom. The van der Waals surface area contributed by atoms with Crippen molar-refractivity contribution in [2.75, 3.05) is 36.9 Å². The Labute approximate surface area is 142 Å². The highest BCUT2D eigenvalue weighted by Crippen LogP contribution is 2.27. The minimum atomic E-state index is -0.393. The quantitative estimate of drug-likeness (QED) is 0.579. The summed E-state index contributed by atoms with van der Waals surface area (Å²) in [7, 11) is 1.81. The lowest BCUT2D eigenvalue weighted by Gasteiger charge is -2.30. The molecule has 3 heterocycles. The highest BCUT2D eigenvalue weighted by Gasteiger charge is 2.42. The van der Waals surface area contributed by atoms with E-state index in [4.69, 9.17) is 0 Å². The number of aromatic nitrogens is 2. The van der Waals surface area contributed by atoms with Crippen LogP contribution in [0.5, 0.6) is 0 Å². The molecule has 2 aliphatic heterocycles. The molecule has 0 saturated carbocycles. The van der Waals surface area contributed by atoms with E-state index in [1.807, 2.05) is 13.1 Å². The van der Waals surface area contributed by atoms with Gasteiger partial charge in [0.25, 0.3) is 0 Å². The minimum Gasteiger partial charge on any atom is -0.391 e. The third-order valence-corrected chi connectivity index (χ3v) is 4.91. The average molecular weight is 334 g/mol. The van der Waals surface area contributed by atoms with Gasteiger partial charge in [0.1, 0.15) is 18.0 Å². The lowest BCUT2D eigenvalue weighted by molar-refractivity contribution is -0.121. The minimum absolute atomic E-state index is 0.0459. The second-order valence-electron chi connectivity index (χ2n) is 7.25. The first kappa shape index (κ1) is 16.9. The number of aliphatic hydroxyl groups excluding tert-OH is 1. The van der Waals surface area contributed by atoms with Gasteiger partial charge < -0.3 is 26.0 Å². The zero-order chi connectivity index (χ0) is 17.3. The normalized spacial score (nSPS) is 28.9. The molecule has 132 valence electrons. The van der Waals surface area contributed by atoms with Crippen molar-refractivity contribution >= 4 is 17.5 Å². The molecule has 0 aliphatic carbocycles. The summed E-state index contributed by atoms with van der Waals surface area (Å²) in [5.74, 6) is 1.57. The number of carbonyl (C=O) groups excluding carboxylic acids is 1. The van der Waals surface area contributed by atoms with Crippen molar-refractivity contribution in [2.45, 2.75) is 38.5 Å². The second kappa shape index (κ2) is 6.52. The molecule has 8 nitrogen and oxygen atoms in total. The van der Waals surface area contributed by atoms with Crippen LogP contribution < -0.4 is 20.9 Å². The van der Waals surface area contributed by atoms with Gasteiger partial charge in [-0.1, -0.05) is 13.8 Å². The molecule has 0 aromatic carbocycles. The van der Waals surface area contributed by atoms with Gasteiger partial charge in [0.15, 0.2) is 0 Å². The number of amides is 1. The summed E-state index contributed by atoms with van der Waals surface area (Å²) >= 11 is 0. The summed E-state index contributed by atoms with van der Waals surface area (Å²) in [6, 6.07) is 1.75. The number of hydrogen-bond donors (Lipinski definition) is 4. The average Bonchev–Trinajstić information content (AvgIpc) is 3.05. The van der Waals surface area contributed by atoms with Gasteiger partial charge in [0.2, 0.25) is 5.91 Å². The van der Waals surface area contributed by atoms with Gasteiger partial charge in [-0.15, -0.1) is 0 Å². The molecule has 1 unspecified atom stereocenters. The van der Waals surface area contributed by atoms with Gasteiger partial charge in [-0.2, -0.15) is 0 Å². The van der Waals surface area contributed by atoms with Gasteiger partial charge in [-0.25, -0.2) is 9.97 Å². The fourth-order valence-corrected chi connectivity index (χ4v) is 3.50. The van der Waals surface area contributed by atoms with Crippen LogP contribution in [0.1, 0.15) is 20.3 Å². The number of nitrogens with one attached hydrogen (secondary N) is 3. The highest BCUT2D eigenvalue weighted by atomic mass is 16.3. The van der Waals surface area contributed by atoms with Crippen molar-refractivity contribution in [3.05, 3.63) is 12.4 Å². The van der Waals surface area contributed by atoms with E-state index in [1.54, 1.807) is 0 Å². The van der Waals surface area contributed by atoms with Crippen molar-refractivity contribution in [3.8, 4) is 0 Å². The number of nitrogens with zero attached hydrogens (tertiary/aromatic N) is 3. The third kappa shape index (κ3) is 3.29. The summed E-state index contributed by atoms with van der Waals surface area (Å²) in [5.41, 5.74) is -0.118. The molecule has 2 fully saturated rings. The molecular formula is C16H26N6O2. The SMILES string of the molecule is CNc1cc(N2C[C@H](O)C[C@@H]2CNC2C(=O)NCC2(C)C)ncn1. The van der Waals surface area contributed by atoms with Gasteiger partial charge >= 0.3 is 0 Å². The molecule has 0 radical (unpaired) electrons. The Hall–Kier alpha value is -1.93. The maximum atomic E-state index is 12.0. The smallest absolute Gasteiger partial charge is 0.237 e. The molecule has 2 aliphatic rings.